The summed E-state index contributed by atoms with van der Waals surface area (Å²) in [7, 11) is 0. The Morgan fingerprint density at radius 2 is 0.580 bits per heavy atom. The van der Waals surface area contributed by atoms with Gasteiger partial charge in [-0.25, -0.2) is 0 Å². The van der Waals surface area contributed by atoms with Gasteiger partial charge in [-0.15, -0.1) is 0 Å². The predicted molar refractivity (Wildman–Crippen MR) is 297 cm³/mol. The lowest BCUT2D eigenvalue weighted by Crippen LogP contribution is -2.30. The number of carbonyl (C=O) groups is 3. The van der Waals surface area contributed by atoms with E-state index in [-0.39, 0.29) is 37.5 Å². The second-order valence-corrected chi connectivity index (χ2v) is 17.7. The predicted octanol–water partition coefficient (Wildman–Crippen LogP) is 18.6. The summed E-state index contributed by atoms with van der Waals surface area (Å²) in [5, 5.41) is 0. The molecule has 388 valence electrons. The van der Waals surface area contributed by atoms with Gasteiger partial charge in [-0.05, 0) is 128 Å². The van der Waals surface area contributed by atoms with Gasteiger partial charge in [0.1, 0.15) is 13.2 Å². The van der Waals surface area contributed by atoms with Crippen molar-refractivity contribution in [2.45, 2.75) is 232 Å². The average Bonchev–Trinajstić information content (AvgIpc) is 3.35. The number of ether oxygens (including phenoxy) is 3. The third-order valence-corrected chi connectivity index (χ3v) is 11.1. The molecule has 0 fully saturated rings. The van der Waals surface area contributed by atoms with E-state index in [1.165, 1.54) is 38.5 Å². The minimum absolute atomic E-state index is 0.118. The van der Waals surface area contributed by atoms with Crippen LogP contribution in [0.1, 0.15) is 226 Å². The Balaban J connectivity index is 4.55. The molecule has 0 bridgehead atoms. The first-order valence-electron chi connectivity index (χ1n) is 27.7. The van der Waals surface area contributed by atoms with E-state index in [2.05, 4.69) is 154 Å². The average molecular weight is 953 g/mol. The Hall–Kier alpha value is -4.45. The van der Waals surface area contributed by atoms with Crippen LogP contribution >= 0.6 is 0 Å². The molecule has 0 aliphatic heterocycles. The molecule has 1 unspecified atom stereocenters. The zero-order valence-corrected chi connectivity index (χ0v) is 44.3. The highest BCUT2D eigenvalue weighted by Crippen LogP contribution is 2.13. The summed E-state index contributed by atoms with van der Waals surface area (Å²) >= 11 is 0. The van der Waals surface area contributed by atoms with E-state index < -0.39 is 6.10 Å². The van der Waals surface area contributed by atoms with Crippen molar-refractivity contribution < 1.29 is 28.6 Å². The molecule has 0 rings (SSSR count). The van der Waals surface area contributed by atoms with Gasteiger partial charge in [0, 0.05) is 19.3 Å². The van der Waals surface area contributed by atoms with Gasteiger partial charge in [-0.3, -0.25) is 14.4 Å². The lowest BCUT2D eigenvalue weighted by atomic mass is 10.1. The van der Waals surface area contributed by atoms with Crippen LogP contribution in [0.5, 0.6) is 0 Å². The number of hydrogen-bond acceptors (Lipinski definition) is 6. The lowest BCUT2D eigenvalue weighted by Gasteiger charge is -2.18. The Morgan fingerprint density at radius 1 is 0.304 bits per heavy atom. The zero-order valence-electron chi connectivity index (χ0n) is 44.3. The molecule has 6 heteroatoms. The van der Waals surface area contributed by atoms with Gasteiger partial charge in [0.25, 0.3) is 0 Å². The van der Waals surface area contributed by atoms with Crippen LogP contribution in [0.25, 0.3) is 0 Å². The molecule has 0 aromatic rings. The molecule has 0 radical (unpaired) electrons. The van der Waals surface area contributed by atoms with Gasteiger partial charge < -0.3 is 14.2 Å². The van der Waals surface area contributed by atoms with E-state index in [0.717, 1.165) is 141 Å². The summed E-state index contributed by atoms with van der Waals surface area (Å²) in [6.07, 6.45) is 78.7. The number of hydrogen-bond donors (Lipinski definition) is 0. The van der Waals surface area contributed by atoms with Crippen molar-refractivity contribution in [3.8, 4) is 0 Å². The van der Waals surface area contributed by atoms with Crippen LogP contribution in [0.4, 0.5) is 0 Å². The van der Waals surface area contributed by atoms with Gasteiger partial charge in [0.15, 0.2) is 6.10 Å². The van der Waals surface area contributed by atoms with E-state index >= 15 is 0 Å². The molecule has 69 heavy (non-hydrogen) atoms. The summed E-state index contributed by atoms with van der Waals surface area (Å²) < 4.78 is 16.8. The molecule has 0 saturated carbocycles. The molecule has 0 aromatic carbocycles. The Morgan fingerprint density at radius 3 is 0.928 bits per heavy atom. The lowest BCUT2D eigenvalue weighted by molar-refractivity contribution is -0.167. The molecule has 0 N–H and O–H groups in total. The summed E-state index contributed by atoms with van der Waals surface area (Å²) in [5.74, 6) is -1.01. The van der Waals surface area contributed by atoms with Crippen LogP contribution in [-0.4, -0.2) is 37.2 Å². The molecular formula is C63H100O6. The highest BCUT2D eigenvalue weighted by atomic mass is 16.6. The second kappa shape index (κ2) is 56.1. The van der Waals surface area contributed by atoms with Crippen molar-refractivity contribution >= 4 is 17.9 Å². The van der Waals surface area contributed by atoms with E-state index in [9.17, 15) is 14.4 Å². The van der Waals surface area contributed by atoms with Crippen LogP contribution in [0, 0.1) is 0 Å². The maximum Gasteiger partial charge on any atom is 0.306 e. The highest BCUT2D eigenvalue weighted by molar-refractivity contribution is 5.71. The zero-order chi connectivity index (χ0) is 50.0. The number of carbonyl (C=O) groups excluding carboxylic acids is 3. The molecule has 0 aromatic heterocycles. The first-order chi connectivity index (χ1) is 34.0. The Bertz CT molecular complexity index is 1510. The van der Waals surface area contributed by atoms with Crippen molar-refractivity contribution in [3.63, 3.8) is 0 Å². The standard InChI is InChI=1S/C63H100O6/c1-4-7-10-13-16-19-22-25-28-30-31-33-35-38-41-44-47-50-53-56-62(65)68-59-60(58-67-61(64)55-52-49-46-43-40-37-34-27-24-21-18-15-12-9-6-3)69-63(66)57-54-51-48-45-42-39-36-32-29-26-23-20-17-14-11-8-5-2/h8-9,11-12,16-21,25-29,31,33-34,36,39,45,48,60H,4-7,10,13-15,22-24,30,32,35,37-38,40-44,46-47,49-59H2,1-3H3/b11-8-,12-9-,19-16-,20-17-,21-18-,28-25-,29-26-,33-31-,34-27-,39-36-,48-45-. The molecule has 0 aliphatic carbocycles. The molecule has 1 atom stereocenters. The fourth-order valence-electron chi connectivity index (χ4n) is 7.03. The SMILES string of the molecule is CC/C=C\C/C=C\C/C=C\C/C=C\C/C=C\CCCC(=O)OC(COC(=O)CCCCCCC/C=C\C/C=C\C/C=C\CC)COC(=O)CCCCCCCC/C=C\C/C=C\C/C=C\CCCCC. The van der Waals surface area contributed by atoms with Gasteiger partial charge in [0.2, 0.25) is 0 Å². The fourth-order valence-corrected chi connectivity index (χ4v) is 7.03. The number of esters is 3. The molecule has 0 amide bonds. The van der Waals surface area contributed by atoms with E-state index in [0.29, 0.717) is 19.3 Å². The first-order valence-corrected chi connectivity index (χ1v) is 27.7. The molecule has 0 saturated heterocycles. The second-order valence-electron chi connectivity index (χ2n) is 17.7. The van der Waals surface area contributed by atoms with Crippen LogP contribution in [0.15, 0.2) is 134 Å². The van der Waals surface area contributed by atoms with E-state index in [4.69, 9.17) is 14.2 Å². The van der Waals surface area contributed by atoms with Gasteiger partial charge in [0.05, 0.1) is 0 Å². The number of rotatable bonds is 48. The van der Waals surface area contributed by atoms with Crippen LogP contribution in [-0.2, 0) is 28.6 Å². The normalized spacial score (nSPS) is 13.1. The molecular weight excluding hydrogens is 853 g/mol. The smallest absolute Gasteiger partial charge is 0.306 e. The highest BCUT2D eigenvalue weighted by Gasteiger charge is 2.19. The van der Waals surface area contributed by atoms with Crippen LogP contribution < -0.4 is 0 Å². The van der Waals surface area contributed by atoms with E-state index in [1.807, 2.05) is 0 Å². The fraction of sp³-hybridized carbons (Fsp3) is 0.603. The minimum atomic E-state index is -0.826. The van der Waals surface area contributed by atoms with E-state index in [1.54, 1.807) is 0 Å². The maximum atomic E-state index is 12.8. The van der Waals surface area contributed by atoms with Crippen molar-refractivity contribution in [1.82, 2.24) is 0 Å². The van der Waals surface area contributed by atoms with Crippen molar-refractivity contribution in [2.75, 3.05) is 13.2 Å². The van der Waals surface area contributed by atoms with Gasteiger partial charge in [-0.1, -0.05) is 212 Å². The summed E-state index contributed by atoms with van der Waals surface area (Å²) in [6, 6.07) is 0. The summed E-state index contributed by atoms with van der Waals surface area (Å²) in [5.41, 5.74) is 0. The van der Waals surface area contributed by atoms with Crippen molar-refractivity contribution in [1.29, 1.82) is 0 Å². The Labute approximate surface area is 424 Å². The molecule has 0 heterocycles. The van der Waals surface area contributed by atoms with Crippen molar-refractivity contribution in [2.24, 2.45) is 0 Å². The van der Waals surface area contributed by atoms with Crippen LogP contribution in [0.3, 0.4) is 0 Å². The number of unbranched alkanes of at least 4 members (excludes halogenated alkanes) is 15. The van der Waals surface area contributed by atoms with Gasteiger partial charge in [-0.2, -0.15) is 0 Å². The third kappa shape index (κ3) is 54.4. The minimum Gasteiger partial charge on any atom is -0.462 e. The largest absolute Gasteiger partial charge is 0.462 e. The number of allylic oxidation sites excluding steroid dienone is 22. The quantitative estimate of drug-likeness (QED) is 0.0262. The summed E-state index contributed by atoms with van der Waals surface area (Å²) in [4.78, 5) is 38.1. The topological polar surface area (TPSA) is 78.9 Å². The van der Waals surface area contributed by atoms with Crippen molar-refractivity contribution in [3.05, 3.63) is 134 Å². The maximum absolute atomic E-state index is 12.8. The monoisotopic (exact) mass is 953 g/mol. The molecule has 6 nitrogen and oxygen atoms in total. The molecule has 0 aliphatic rings. The third-order valence-electron chi connectivity index (χ3n) is 11.1. The molecule has 0 spiro atoms. The van der Waals surface area contributed by atoms with Crippen LogP contribution in [0.2, 0.25) is 0 Å². The first kappa shape index (κ1) is 64.5. The van der Waals surface area contributed by atoms with Gasteiger partial charge >= 0.3 is 17.9 Å². The Kier molecular flexibility index (Phi) is 52.5. The summed E-state index contributed by atoms with van der Waals surface area (Å²) in [6.45, 7) is 6.30.